The molecule has 0 radical (unpaired) electrons. The number of rotatable bonds is 4. The number of benzene rings is 7. The quantitative estimate of drug-likeness (QED) is 0.163. The van der Waals surface area contributed by atoms with E-state index in [-0.39, 0.29) is 39.3 Å². The maximum atomic E-state index is 2.84. The SMILES string of the molecule is CC(C)(C)c1ccc(N2c3ccc(C(C)(C)C)cc3B3c4ccccc4N(c4ccc(C(C)(C)C)cc4-c4ccccc4)c4cc(N5c6ccc(C(C)(C)C)cc6C6(C)CCCCCC56C)cc2c43)cc1. The van der Waals surface area contributed by atoms with E-state index < -0.39 is 0 Å². The molecule has 7 aromatic rings. The van der Waals surface area contributed by atoms with Gasteiger partial charge < -0.3 is 14.7 Å². The van der Waals surface area contributed by atoms with E-state index in [0.717, 1.165) is 6.42 Å². The number of para-hydroxylation sites is 1. The van der Waals surface area contributed by atoms with Crippen LogP contribution in [0.3, 0.4) is 0 Å². The first-order valence-electron chi connectivity index (χ1n) is 26.8. The zero-order chi connectivity index (χ0) is 50.2. The van der Waals surface area contributed by atoms with Crippen LogP contribution in [0, 0.1) is 0 Å². The van der Waals surface area contributed by atoms with Crippen molar-refractivity contribution < 1.29 is 0 Å². The molecule has 2 unspecified atom stereocenters. The number of hydrogen-bond acceptors (Lipinski definition) is 3. The van der Waals surface area contributed by atoms with Crippen molar-refractivity contribution in [2.24, 2.45) is 0 Å². The first-order chi connectivity index (χ1) is 33.5. The van der Waals surface area contributed by atoms with Crippen LogP contribution < -0.4 is 31.1 Å². The fourth-order valence-electron chi connectivity index (χ4n) is 13.0. The molecule has 1 aliphatic carbocycles. The van der Waals surface area contributed by atoms with Gasteiger partial charge in [-0.2, -0.15) is 0 Å². The Morgan fingerprint density at radius 3 is 1.58 bits per heavy atom. The molecule has 0 bridgehead atoms. The van der Waals surface area contributed by atoms with Crippen molar-refractivity contribution in [3.05, 3.63) is 173 Å². The molecular formula is C67H76BN3. The summed E-state index contributed by atoms with van der Waals surface area (Å²) >= 11 is 0. The zero-order valence-electron chi connectivity index (χ0n) is 45.3. The maximum Gasteiger partial charge on any atom is 0.252 e. The Hall–Kier alpha value is -6.00. The molecule has 11 rings (SSSR count). The minimum Gasteiger partial charge on any atom is -0.334 e. The van der Waals surface area contributed by atoms with Crippen molar-refractivity contribution in [3.63, 3.8) is 0 Å². The van der Waals surface area contributed by atoms with Gasteiger partial charge in [-0.25, -0.2) is 0 Å². The lowest BCUT2D eigenvalue weighted by molar-refractivity contribution is 0.261. The van der Waals surface area contributed by atoms with Gasteiger partial charge in [0.15, 0.2) is 0 Å². The molecule has 2 atom stereocenters. The largest absolute Gasteiger partial charge is 0.334 e. The Labute approximate surface area is 427 Å². The summed E-state index contributed by atoms with van der Waals surface area (Å²) in [7, 11) is 0. The van der Waals surface area contributed by atoms with Crippen LogP contribution in [0.25, 0.3) is 11.1 Å². The molecule has 0 saturated heterocycles. The van der Waals surface area contributed by atoms with Crippen molar-refractivity contribution in [1.82, 2.24) is 0 Å². The smallest absolute Gasteiger partial charge is 0.252 e. The second-order valence-corrected chi connectivity index (χ2v) is 26.2. The van der Waals surface area contributed by atoms with Gasteiger partial charge in [0.1, 0.15) is 0 Å². The van der Waals surface area contributed by atoms with Gasteiger partial charge in [0.2, 0.25) is 0 Å². The van der Waals surface area contributed by atoms with Gasteiger partial charge in [0, 0.05) is 50.8 Å². The molecule has 1 fully saturated rings. The molecule has 0 N–H and O–H groups in total. The van der Waals surface area contributed by atoms with Gasteiger partial charge in [0.25, 0.3) is 6.71 Å². The molecule has 0 aromatic heterocycles. The highest BCUT2D eigenvalue weighted by Gasteiger charge is 2.57. The third-order valence-electron chi connectivity index (χ3n) is 17.5. The minimum absolute atomic E-state index is 0.0110. The van der Waals surface area contributed by atoms with Crippen molar-refractivity contribution in [3.8, 4) is 11.1 Å². The van der Waals surface area contributed by atoms with E-state index in [0.29, 0.717) is 0 Å². The molecule has 7 aromatic carbocycles. The number of nitrogens with zero attached hydrogens (tertiary/aromatic N) is 3. The van der Waals surface area contributed by atoms with Gasteiger partial charge in [-0.15, -0.1) is 0 Å². The van der Waals surface area contributed by atoms with E-state index in [1.54, 1.807) is 0 Å². The highest BCUT2D eigenvalue weighted by Crippen LogP contribution is 2.62. The second-order valence-electron chi connectivity index (χ2n) is 26.2. The summed E-state index contributed by atoms with van der Waals surface area (Å²) in [6.45, 7) is 33.4. The average Bonchev–Trinajstić information content (AvgIpc) is 3.38. The minimum atomic E-state index is -0.156. The molecule has 3 nitrogen and oxygen atoms in total. The van der Waals surface area contributed by atoms with E-state index in [4.69, 9.17) is 0 Å². The topological polar surface area (TPSA) is 9.72 Å². The van der Waals surface area contributed by atoms with Gasteiger partial charge in [0.05, 0.1) is 11.2 Å². The number of hydrogen-bond donors (Lipinski definition) is 0. The third-order valence-corrected chi connectivity index (χ3v) is 17.5. The lowest BCUT2D eigenvalue weighted by atomic mass is 9.33. The van der Waals surface area contributed by atoms with Crippen LogP contribution in [0.2, 0.25) is 0 Å². The van der Waals surface area contributed by atoms with E-state index in [2.05, 4.69) is 257 Å². The van der Waals surface area contributed by atoms with Crippen LogP contribution in [0.4, 0.5) is 45.5 Å². The summed E-state index contributed by atoms with van der Waals surface area (Å²) in [5.74, 6) is 0. The average molecular weight is 934 g/mol. The first-order valence-corrected chi connectivity index (χ1v) is 26.8. The maximum absolute atomic E-state index is 2.84. The lowest BCUT2D eigenvalue weighted by Gasteiger charge is -2.48. The standard InChI is InChI=1S/C67H76BN3/c1-62(2,3)45-27-32-49(33-28-45)69-58-36-31-48(65(10,11)12)41-54(58)68-53-25-19-20-26-57(53)70(55-34-29-46(63(4,5)6)39-51(55)44-23-17-15-18-24-44)60-43-50(42-59(69)61(60)68)71-56-35-30-47(64(7,8)9)40-52(56)66(13)37-21-16-22-38-67(66,71)14/h15,17-20,23-36,39-43H,16,21-22,37-38H2,1-14H3. The van der Waals surface area contributed by atoms with E-state index in [9.17, 15) is 0 Å². The van der Waals surface area contributed by atoms with Crippen LogP contribution in [-0.4, -0.2) is 12.3 Å². The molecular weight excluding hydrogens is 858 g/mol. The van der Waals surface area contributed by atoms with E-state index in [1.165, 1.54) is 127 Å². The molecule has 71 heavy (non-hydrogen) atoms. The highest BCUT2D eigenvalue weighted by molar-refractivity contribution is 7.00. The Morgan fingerprint density at radius 1 is 0.408 bits per heavy atom. The monoisotopic (exact) mass is 934 g/mol. The lowest BCUT2D eigenvalue weighted by Crippen LogP contribution is -2.61. The molecule has 4 heteroatoms. The van der Waals surface area contributed by atoms with Crippen LogP contribution in [0.15, 0.2) is 146 Å². The Kier molecular flexibility index (Phi) is 10.8. The van der Waals surface area contributed by atoms with Gasteiger partial charge in [-0.05, 0) is 146 Å². The molecule has 0 amide bonds. The number of fused-ring (bicyclic) bond motifs is 7. The summed E-state index contributed by atoms with van der Waals surface area (Å²) in [5, 5.41) is 0. The zero-order valence-corrected chi connectivity index (χ0v) is 45.3. The van der Waals surface area contributed by atoms with Gasteiger partial charge >= 0.3 is 0 Å². The normalized spacial score (nSPS) is 19.7. The van der Waals surface area contributed by atoms with Gasteiger partial charge in [-0.3, -0.25) is 0 Å². The fourth-order valence-corrected chi connectivity index (χ4v) is 13.0. The second kappa shape index (κ2) is 16.3. The predicted molar refractivity (Wildman–Crippen MR) is 308 cm³/mol. The summed E-state index contributed by atoms with van der Waals surface area (Å²) in [5.41, 5.74) is 23.3. The predicted octanol–water partition coefficient (Wildman–Crippen LogP) is 16.8. The molecule has 4 aliphatic rings. The first kappa shape index (κ1) is 47.3. The molecule has 1 saturated carbocycles. The molecule has 0 spiro atoms. The Bertz CT molecular complexity index is 3210. The Balaban J connectivity index is 1.28. The summed E-state index contributed by atoms with van der Waals surface area (Å²) in [6, 6.07) is 57.4. The van der Waals surface area contributed by atoms with Crippen molar-refractivity contribution >= 4 is 68.6 Å². The van der Waals surface area contributed by atoms with Crippen molar-refractivity contribution in [1.29, 1.82) is 0 Å². The molecule has 3 heterocycles. The summed E-state index contributed by atoms with van der Waals surface area (Å²) in [4.78, 5) is 8.13. The van der Waals surface area contributed by atoms with Crippen molar-refractivity contribution in [2.45, 2.75) is 162 Å². The third kappa shape index (κ3) is 7.51. The molecule has 362 valence electrons. The summed E-state index contributed by atoms with van der Waals surface area (Å²) < 4.78 is 0. The highest BCUT2D eigenvalue weighted by atomic mass is 15.3. The van der Waals surface area contributed by atoms with Crippen LogP contribution in [-0.2, 0) is 27.1 Å². The van der Waals surface area contributed by atoms with Crippen LogP contribution >= 0.6 is 0 Å². The number of anilines is 8. The van der Waals surface area contributed by atoms with Crippen LogP contribution in [0.1, 0.15) is 157 Å². The van der Waals surface area contributed by atoms with E-state index >= 15 is 0 Å². The molecule has 3 aliphatic heterocycles. The summed E-state index contributed by atoms with van der Waals surface area (Å²) in [6.07, 6.45) is 6.05. The van der Waals surface area contributed by atoms with Crippen LogP contribution in [0.5, 0.6) is 0 Å². The Morgan fingerprint density at radius 2 is 0.930 bits per heavy atom. The fraction of sp³-hybridized carbons (Fsp3) is 0.373. The van der Waals surface area contributed by atoms with Crippen molar-refractivity contribution in [2.75, 3.05) is 14.7 Å². The van der Waals surface area contributed by atoms with E-state index in [1.807, 2.05) is 0 Å². The van der Waals surface area contributed by atoms with Gasteiger partial charge in [-0.1, -0.05) is 200 Å².